The van der Waals surface area contributed by atoms with Gasteiger partial charge in [-0.1, -0.05) is 0 Å². The van der Waals surface area contributed by atoms with Gasteiger partial charge >= 0.3 is 5.97 Å². The normalized spacial score (nSPS) is 33.0. The summed E-state index contributed by atoms with van der Waals surface area (Å²) in [7, 11) is 0. The average molecular weight is 281 g/mol. The van der Waals surface area contributed by atoms with E-state index in [-0.39, 0.29) is 24.6 Å². The summed E-state index contributed by atoms with van der Waals surface area (Å²) in [5, 5.41) is 2.93. The third-order valence-electron chi connectivity index (χ3n) is 3.98. The molecule has 0 bridgehead atoms. The van der Waals surface area contributed by atoms with Crippen molar-refractivity contribution in [1.82, 2.24) is 5.32 Å². The lowest BCUT2D eigenvalue weighted by atomic mass is 9.85. The first-order valence-corrected chi connectivity index (χ1v) is 7.06. The number of esters is 1. The summed E-state index contributed by atoms with van der Waals surface area (Å²) >= 11 is 0. The van der Waals surface area contributed by atoms with Gasteiger partial charge in [-0.15, -0.1) is 0 Å². The lowest BCUT2D eigenvalue weighted by Gasteiger charge is -2.38. The van der Waals surface area contributed by atoms with Crippen molar-refractivity contribution in [3.8, 4) is 0 Å². The molecule has 2 unspecified atom stereocenters. The third-order valence-corrected chi connectivity index (χ3v) is 3.98. The van der Waals surface area contributed by atoms with Crippen molar-refractivity contribution in [3.05, 3.63) is 11.3 Å². The van der Waals surface area contributed by atoms with E-state index in [4.69, 9.17) is 14.2 Å². The van der Waals surface area contributed by atoms with Crippen molar-refractivity contribution < 1.29 is 23.8 Å². The van der Waals surface area contributed by atoms with Crippen molar-refractivity contribution >= 4 is 11.9 Å². The topological polar surface area (TPSA) is 73.9 Å². The Morgan fingerprint density at radius 1 is 1.45 bits per heavy atom. The quantitative estimate of drug-likeness (QED) is 0.765. The molecule has 0 aromatic rings. The second-order valence-electron chi connectivity index (χ2n) is 5.47. The molecule has 6 nitrogen and oxygen atoms in total. The summed E-state index contributed by atoms with van der Waals surface area (Å²) in [4.78, 5) is 22.3. The van der Waals surface area contributed by atoms with Crippen LogP contribution in [-0.4, -0.2) is 37.0 Å². The molecule has 1 fully saturated rings. The molecule has 1 N–H and O–H groups in total. The number of fused-ring (bicyclic) bond motifs is 1. The summed E-state index contributed by atoms with van der Waals surface area (Å²) in [5.41, 5.74) is 2.02. The Morgan fingerprint density at radius 2 is 2.30 bits per heavy atom. The van der Waals surface area contributed by atoms with Crippen LogP contribution < -0.4 is 5.32 Å². The highest BCUT2D eigenvalue weighted by Crippen LogP contribution is 2.44. The zero-order valence-corrected chi connectivity index (χ0v) is 11.6. The first kappa shape index (κ1) is 13.6. The standard InChI is InChI=1S/C14H19NO5/c1-9(16)18-7-10-8-19-14(20-10)6-2-3-12-11(14)4-5-13(17)15-12/h10H,2-8H2,1H3,(H,15,17). The average Bonchev–Trinajstić information content (AvgIpc) is 2.80. The summed E-state index contributed by atoms with van der Waals surface area (Å²) in [6.07, 6.45) is 3.49. The van der Waals surface area contributed by atoms with Gasteiger partial charge in [0.05, 0.1) is 6.61 Å². The summed E-state index contributed by atoms with van der Waals surface area (Å²) in [6, 6.07) is 0. The molecule has 1 aliphatic carbocycles. The zero-order chi connectivity index (χ0) is 14.2. The molecule has 2 heterocycles. The van der Waals surface area contributed by atoms with E-state index in [0.717, 1.165) is 30.5 Å². The van der Waals surface area contributed by atoms with Crippen LogP contribution in [0.5, 0.6) is 0 Å². The van der Waals surface area contributed by atoms with Gasteiger partial charge in [0.25, 0.3) is 0 Å². The molecule has 0 saturated carbocycles. The maximum atomic E-state index is 11.5. The second kappa shape index (κ2) is 5.18. The Hall–Kier alpha value is -1.40. The molecule has 1 spiro atoms. The van der Waals surface area contributed by atoms with Crippen molar-refractivity contribution in [2.24, 2.45) is 0 Å². The van der Waals surface area contributed by atoms with Crippen molar-refractivity contribution in [2.75, 3.05) is 13.2 Å². The lowest BCUT2D eigenvalue weighted by Crippen LogP contribution is -2.43. The molecular formula is C14H19NO5. The van der Waals surface area contributed by atoms with E-state index in [2.05, 4.69) is 5.32 Å². The molecule has 20 heavy (non-hydrogen) atoms. The van der Waals surface area contributed by atoms with Gasteiger partial charge in [0.2, 0.25) is 5.91 Å². The Bertz CT molecular complexity index is 472. The smallest absolute Gasteiger partial charge is 0.302 e. The lowest BCUT2D eigenvalue weighted by molar-refractivity contribution is -0.163. The fraction of sp³-hybridized carbons (Fsp3) is 0.714. The Morgan fingerprint density at radius 3 is 3.10 bits per heavy atom. The largest absolute Gasteiger partial charge is 0.463 e. The highest BCUT2D eigenvalue weighted by molar-refractivity contribution is 5.80. The third kappa shape index (κ3) is 2.45. The molecule has 2 atom stereocenters. The number of carbonyl (C=O) groups excluding carboxylic acids is 2. The summed E-state index contributed by atoms with van der Waals surface area (Å²) in [5.74, 6) is -0.968. The van der Waals surface area contributed by atoms with E-state index in [1.54, 1.807) is 0 Å². The van der Waals surface area contributed by atoms with Gasteiger partial charge in [-0.05, 0) is 19.3 Å². The van der Waals surface area contributed by atoms with Crippen LogP contribution in [0.2, 0.25) is 0 Å². The minimum atomic E-state index is -0.716. The van der Waals surface area contributed by atoms with Crippen LogP contribution in [0.1, 0.15) is 39.0 Å². The van der Waals surface area contributed by atoms with Gasteiger partial charge in [-0.2, -0.15) is 0 Å². The van der Waals surface area contributed by atoms with Gasteiger partial charge in [0, 0.05) is 31.0 Å². The predicted octanol–water partition coefficient (Wildman–Crippen LogP) is 1.01. The Labute approximate surface area is 117 Å². The molecule has 1 saturated heterocycles. The van der Waals surface area contributed by atoms with Gasteiger partial charge in [-0.3, -0.25) is 9.59 Å². The van der Waals surface area contributed by atoms with Crippen LogP contribution in [0, 0.1) is 0 Å². The summed E-state index contributed by atoms with van der Waals surface area (Å²) in [6.45, 7) is 2.01. The van der Waals surface area contributed by atoms with Gasteiger partial charge < -0.3 is 19.5 Å². The van der Waals surface area contributed by atoms with Crippen LogP contribution in [0.15, 0.2) is 11.3 Å². The highest BCUT2D eigenvalue weighted by Gasteiger charge is 2.48. The van der Waals surface area contributed by atoms with E-state index >= 15 is 0 Å². The molecule has 110 valence electrons. The number of allylic oxidation sites excluding steroid dienone is 1. The molecule has 6 heteroatoms. The zero-order valence-electron chi connectivity index (χ0n) is 11.6. The molecule has 2 aliphatic heterocycles. The van der Waals surface area contributed by atoms with E-state index in [1.807, 2.05) is 0 Å². The van der Waals surface area contributed by atoms with Gasteiger partial charge in [0.15, 0.2) is 5.79 Å². The van der Waals surface area contributed by atoms with E-state index < -0.39 is 5.79 Å². The molecule has 0 aromatic carbocycles. The molecule has 1 amide bonds. The van der Waals surface area contributed by atoms with Crippen LogP contribution >= 0.6 is 0 Å². The van der Waals surface area contributed by atoms with Crippen LogP contribution in [0.3, 0.4) is 0 Å². The second-order valence-corrected chi connectivity index (χ2v) is 5.47. The molecule has 3 aliphatic rings. The number of rotatable bonds is 2. The number of hydrogen-bond acceptors (Lipinski definition) is 5. The molecule has 0 radical (unpaired) electrons. The number of carbonyl (C=O) groups is 2. The summed E-state index contributed by atoms with van der Waals surface area (Å²) < 4.78 is 16.9. The van der Waals surface area contributed by atoms with Crippen LogP contribution in [0.25, 0.3) is 0 Å². The number of hydrogen-bond donors (Lipinski definition) is 1. The maximum absolute atomic E-state index is 11.5. The van der Waals surface area contributed by atoms with E-state index in [9.17, 15) is 9.59 Å². The van der Waals surface area contributed by atoms with Crippen molar-refractivity contribution in [3.63, 3.8) is 0 Å². The molecule has 0 aromatic heterocycles. The fourth-order valence-corrected chi connectivity index (χ4v) is 3.12. The fourth-order valence-electron chi connectivity index (χ4n) is 3.12. The Balaban J connectivity index is 1.74. The number of ether oxygens (including phenoxy) is 3. The first-order valence-electron chi connectivity index (χ1n) is 7.06. The van der Waals surface area contributed by atoms with E-state index in [0.29, 0.717) is 19.4 Å². The monoisotopic (exact) mass is 281 g/mol. The highest BCUT2D eigenvalue weighted by atomic mass is 16.8. The SMILES string of the molecule is CC(=O)OCC1COC2(CCCC3=C2CCC(=O)N3)O1. The van der Waals surface area contributed by atoms with Crippen molar-refractivity contribution in [2.45, 2.75) is 50.9 Å². The first-order chi connectivity index (χ1) is 9.59. The Kier molecular flexibility index (Phi) is 3.52. The minimum absolute atomic E-state index is 0.0651. The van der Waals surface area contributed by atoms with Crippen molar-refractivity contribution in [1.29, 1.82) is 0 Å². The molecular weight excluding hydrogens is 262 g/mol. The molecule has 3 rings (SSSR count). The van der Waals surface area contributed by atoms with E-state index in [1.165, 1.54) is 6.92 Å². The van der Waals surface area contributed by atoms with Crippen LogP contribution in [-0.2, 0) is 23.8 Å². The van der Waals surface area contributed by atoms with Gasteiger partial charge in [-0.25, -0.2) is 0 Å². The number of nitrogens with one attached hydrogen (secondary N) is 1. The number of amides is 1. The minimum Gasteiger partial charge on any atom is -0.463 e. The van der Waals surface area contributed by atoms with Gasteiger partial charge in [0.1, 0.15) is 12.7 Å². The predicted molar refractivity (Wildman–Crippen MR) is 68.4 cm³/mol. The maximum Gasteiger partial charge on any atom is 0.302 e. The van der Waals surface area contributed by atoms with Crippen LogP contribution in [0.4, 0.5) is 0 Å².